The number of hydrogen-bond acceptors (Lipinski definition) is 5. The molecule has 1 atom stereocenters. The summed E-state index contributed by atoms with van der Waals surface area (Å²) in [5.74, 6) is -0.821. The molecule has 7 heteroatoms. The molecule has 0 aliphatic carbocycles. The Morgan fingerprint density at radius 1 is 1.50 bits per heavy atom. The van der Waals surface area contributed by atoms with E-state index in [-0.39, 0.29) is 5.75 Å². The largest absolute Gasteiger partial charge is 0.473 e. The van der Waals surface area contributed by atoms with Crippen LogP contribution in [-0.4, -0.2) is 23.0 Å². The predicted molar refractivity (Wildman–Crippen MR) is 65.6 cm³/mol. The standard InChI is InChI=1S/C13H9FN2O4/c1-19-12(17)11-8-5-15-13(18)16-10(8)7-4-6(14)2-3-9(7)20-11/h2-5,11H,1H3,(H,15,16,18)/t11-/m1/s1. The predicted octanol–water partition coefficient (Wildman–Crippen LogP) is 1.18. The first-order chi connectivity index (χ1) is 9.60. The number of carbonyl (C=O) groups excluding carboxylic acids is 1. The Hall–Kier alpha value is -2.70. The molecule has 102 valence electrons. The Balaban J connectivity index is 2.26. The maximum absolute atomic E-state index is 13.4. The smallest absolute Gasteiger partial charge is 0.351 e. The summed E-state index contributed by atoms with van der Waals surface area (Å²) in [5.41, 5.74) is 0.403. The highest BCUT2D eigenvalue weighted by Gasteiger charge is 2.33. The summed E-state index contributed by atoms with van der Waals surface area (Å²) >= 11 is 0. The van der Waals surface area contributed by atoms with Gasteiger partial charge in [-0.2, -0.15) is 0 Å². The van der Waals surface area contributed by atoms with Crippen LogP contribution in [-0.2, 0) is 9.53 Å². The lowest BCUT2D eigenvalue weighted by molar-refractivity contribution is -0.149. The first kappa shape index (κ1) is 12.3. The van der Waals surface area contributed by atoms with Crippen molar-refractivity contribution in [2.75, 3.05) is 7.11 Å². The fraction of sp³-hybridized carbons (Fsp3) is 0.154. The number of aromatic amines is 1. The van der Waals surface area contributed by atoms with Gasteiger partial charge in [0.05, 0.1) is 12.8 Å². The minimum atomic E-state index is -1.04. The average Bonchev–Trinajstić information content (AvgIpc) is 2.45. The summed E-state index contributed by atoms with van der Waals surface area (Å²) in [6.45, 7) is 0. The van der Waals surface area contributed by atoms with Crippen molar-refractivity contribution in [3.05, 3.63) is 46.3 Å². The van der Waals surface area contributed by atoms with E-state index < -0.39 is 23.6 Å². The van der Waals surface area contributed by atoms with Crippen LogP contribution in [0.4, 0.5) is 4.39 Å². The van der Waals surface area contributed by atoms with E-state index in [0.717, 1.165) is 0 Å². The van der Waals surface area contributed by atoms with Crippen LogP contribution >= 0.6 is 0 Å². The zero-order valence-corrected chi connectivity index (χ0v) is 10.3. The normalized spacial score (nSPS) is 15.8. The third-order valence-corrected chi connectivity index (χ3v) is 2.99. The monoisotopic (exact) mass is 276 g/mol. The van der Waals surface area contributed by atoms with E-state index in [0.29, 0.717) is 16.8 Å². The molecule has 1 aliphatic rings. The van der Waals surface area contributed by atoms with Crippen molar-refractivity contribution in [1.82, 2.24) is 9.97 Å². The molecule has 1 aromatic heterocycles. The number of hydrogen-bond donors (Lipinski definition) is 1. The first-order valence-electron chi connectivity index (χ1n) is 5.74. The molecule has 2 heterocycles. The maximum atomic E-state index is 13.4. The molecule has 0 bridgehead atoms. The number of benzene rings is 1. The molecule has 0 radical (unpaired) electrons. The van der Waals surface area contributed by atoms with Crippen molar-refractivity contribution >= 4 is 5.97 Å². The van der Waals surface area contributed by atoms with Gasteiger partial charge in [0.2, 0.25) is 6.10 Å². The second kappa shape index (κ2) is 4.44. The molecular weight excluding hydrogens is 267 g/mol. The zero-order chi connectivity index (χ0) is 14.3. The average molecular weight is 276 g/mol. The molecule has 20 heavy (non-hydrogen) atoms. The van der Waals surface area contributed by atoms with E-state index in [1.54, 1.807) is 0 Å². The van der Waals surface area contributed by atoms with Crippen molar-refractivity contribution in [2.24, 2.45) is 0 Å². The molecule has 0 spiro atoms. The highest BCUT2D eigenvalue weighted by molar-refractivity contribution is 5.83. The number of nitrogens with one attached hydrogen (secondary N) is 1. The van der Waals surface area contributed by atoms with Gasteiger partial charge in [0, 0.05) is 17.3 Å². The number of carbonyl (C=O) groups is 1. The Kier molecular flexibility index (Phi) is 2.74. The van der Waals surface area contributed by atoms with Crippen molar-refractivity contribution in [2.45, 2.75) is 6.10 Å². The third-order valence-electron chi connectivity index (χ3n) is 2.99. The van der Waals surface area contributed by atoms with Crippen LogP contribution in [0.15, 0.2) is 29.2 Å². The number of H-pyrrole nitrogens is 1. The van der Waals surface area contributed by atoms with Crippen LogP contribution in [0.1, 0.15) is 11.7 Å². The molecule has 0 unspecified atom stereocenters. The van der Waals surface area contributed by atoms with Gasteiger partial charge < -0.3 is 14.5 Å². The van der Waals surface area contributed by atoms with E-state index in [1.807, 2.05) is 0 Å². The van der Waals surface area contributed by atoms with Crippen LogP contribution in [0.3, 0.4) is 0 Å². The van der Waals surface area contributed by atoms with Crippen molar-refractivity contribution in [3.8, 4) is 17.0 Å². The van der Waals surface area contributed by atoms with Crippen molar-refractivity contribution < 1.29 is 18.7 Å². The second-order valence-electron chi connectivity index (χ2n) is 4.18. The van der Waals surface area contributed by atoms with Gasteiger partial charge in [-0.15, -0.1) is 0 Å². The second-order valence-corrected chi connectivity index (χ2v) is 4.18. The molecule has 6 nitrogen and oxygen atoms in total. The van der Waals surface area contributed by atoms with E-state index in [9.17, 15) is 14.0 Å². The number of fused-ring (bicyclic) bond motifs is 3. The molecule has 1 aliphatic heterocycles. The number of aromatic nitrogens is 2. The van der Waals surface area contributed by atoms with Crippen LogP contribution in [0.2, 0.25) is 0 Å². The summed E-state index contributed by atoms with van der Waals surface area (Å²) in [7, 11) is 1.23. The van der Waals surface area contributed by atoms with E-state index in [2.05, 4.69) is 14.7 Å². The number of halogens is 1. The SMILES string of the molecule is COC(=O)[C@@H]1Oc2ccc(F)cc2-c2[nH]c(=O)ncc21. The molecule has 0 amide bonds. The first-order valence-corrected chi connectivity index (χ1v) is 5.74. The molecule has 0 fully saturated rings. The van der Waals surface area contributed by atoms with Gasteiger partial charge in [-0.3, -0.25) is 0 Å². The third kappa shape index (κ3) is 1.83. The lowest BCUT2D eigenvalue weighted by Crippen LogP contribution is -2.27. The van der Waals surface area contributed by atoms with Gasteiger partial charge in [0.1, 0.15) is 11.6 Å². The Bertz CT molecular complexity index is 756. The van der Waals surface area contributed by atoms with E-state index >= 15 is 0 Å². The van der Waals surface area contributed by atoms with Gasteiger partial charge in [-0.05, 0) is 18.2 Å². The molecule has 2 aromatic rings. The quantitative estimate of drug-likeness (QED) is 0.791. The zero-order valence-electron chi connectivity index (χ0n) is 10.3. The molecule has 1 N–H and O–H groups in total. The van der Waals surface area contributed by atoms with Crippen molar-refractivity contribution in [3.63, 3.8) is 0 Å². The summed E-state index contributed by atoms with van der Waals surface area (Å²) in [4.78, 5) is 29.2. The number of ether oxygens (including phenoxy) is 2. The van der Waals surface area contributed by atoms with Crippen molar-refractivity contribution in [1.29, 1.82) is 0 Å². The lowest BCUT2D eigenvalue weighted by Gasteiger charge is -2.25. The molecule has 3 rings (SSSR count). The number of esters is 1. The number of rotatable bonds is 1. The van der Waals surface area contributed by atoms with Gasteiger partial charge in [-0.25, -0.2) is 19.0 Å². The molecular formula is C13H9FN2O4. The molecule has 0 saturated carbocycles. The summed E-state index contributed by atoms with van der Waals surface area (Å²) in [6, 6.07) is 3.82. The number of nitrogens with zero attached hydrogens (tertiary/aromatic N) is 1. The molecule has 0 saturated heterocycles. The van der Waals surface area contributed by atoms with Gasteiger partial charge in [0.15, 0.2) is 0 Å². The fourth-order valence-electron chi connectivity index (χ4n) is 2.10. The highest BCUT2D eigenvalue weighted by atomic mass is 19.1. The summed E-state index contributed by atoms with van der Waals surface area (Å²) in [6.07, 6.45) is 0.182. The molecule has 1 aromatic carbocycles. The minimum Gasteiger partial charge on any atom is -0.473 e. The van der Waals surface area contributed by atoms with Crippen LogP contribution in [0.5, 0.6) is 5.75 Å². The van der Waals surface area contributed by atoms with Crippen LogP contribution in [0, 0.1) is 5.82 Å². The highest BCUT2D eigenvalue weighted by Crippen LogP contribution is 2.40. The topological polar surface area (TPSA) is 81.3 Å². The van der Waals surface area contributed by atoms with Gasteiger partial charge >= 0.3 is 11.7 Å². The van der Waals surface area contributed by atoms with Crippen LogP contribution < -0.4 is 10.4 Å². The van der Waals surface area contributed by atoms with E-state index in [4.69, 9.17) is 4.74 Å². The lowest BCUT2D eigenvalue weighted by atomic mass is 9.99. The summed E-state index contributed by atoms with van der Waals surface area (Å²) in [5, 5.41) is 0. The maximum Gasteiger partial charge on any atom is 0.351 e. The van der Waals surface area contributed by atoms with Gasteiger partial charge in [0.25, 0.3) is 0 Å². The van der Waals surface area contributed by atoms with E-state index in [1.165, 1.54) is 31.5 Å². The Morgan fingerprint density at radius 3 is 3.05 bits per heavy atom. The summed E-state index contributed by atoms with van der Waals surface area (Å²) < 4.78 is 23.5. The minimum absolute atomic E-state index is 0.288. The Morgan fingerprint density at radius 2 is 2.30 bits per heavy atom. The fourth-order valence-corrected chi connectivity index (χ4v) is 2.10. The number of methoxy groups -OCH3 is 1. The van der Waals surface area contributed by atoms with Gasteiger partial charge in [-0.1, -0.05) is 0 Å². The van der Waals surface area contributed by atoms with Crippen LogP contribution in [0.25, 0.3) is 11.3 Å². The Labute approximate surface area is 112 Å².